The van der Waals surface area contributed by atoms with Crippen molar-refractivity contribution >= 4 is 17.7 Å². The maximum absolute atomic E-state index is 11.7. The number of nitrogens with zero attached hydrogens (tertiary/aromatic N) is 1. The fraction of sp³-hybridized carbons (Fsp3) is 0.500. The number of rotatable bonds is 4. The molecule has 2 amide bonds. The summed E-state index contributed by atoms with van der Waals surface area (Å²) in [6.07, 6.45) is -0.477. The van der Waals surface area contributed by atoms with Gasteiger partial charge in [-0.2, -0.15) is 0 Å². The second-order valence-corrected chi connectivity index (χ2v) is 5.93. The van der Waals surface area contributed by atoms with Gasteiger partial charge in [0.1, 0.15) is 5.60 Å². The lowest BCUT2D eigenvalue weighted by Crippen LogP contribution is -2.39. The van der Waals surface area contributed by atoms with E-state index in [0.717, 1.165) is 11.3 Å². The first-order valence-corrected chi connectivity index (χ1v) is 7.00. The zero-order valence-corrected chi connectivity index (χ0v) is 13.4. The summed E-state index contributed by atoms with van der Waals surface area (Å²) in [6, 6.07) is 7.69. The summed E-state index contributed by atoms with van der Waals surface area (Å²) in [4.78, 5) is 24.9. The van der Waals surface area contributed by atoms with Crippen LogP contribution in [-0.4, -0.2) is 30.7 Å². The van der Waals surface area contributed by atoms with Crippen LogP contribution in [0.15, 0.2) is 24.3 Å². The highest BCUT2D eigenvalue weighted by Gasteiger charge is 2.16. The van der Waals surface area contributed by atoms with E-state index in [9.17, 15) is 9.59 Å². The Balaban J connectivity index is 2.55. The van der Waals surface area contributed by atoms with Gasteiger partial charge in [-0.05, 0) is 39.8 Å². The Bertz CT molecular complexity index is 489. The lowest BCUT2D eigenvalue weighted by atomic mass is 10.2. The monoisotopic (exact) mass is 292 g/mol. The molecule has 21 heavy (non-hydrogen) atoms. The number of anilines is 1. The van der Waals surface area contributed by atoms with Crippen LogP contribution in [0.5, 0.6) is 0 Å². The molecule has 0 radical (unpaired) electrons. The van der Waals surface area contributed by atoms with Gasteiger partial charge in [0.15, 0.2) is 0 Å². The topological polar surface area (TPSA) is 58.6 Å². The summed E-state index contributed by atoms with van der Waals surface area (Å²) in [7, 11) is 0. The molecule has 116 valence electrons. The fourth-order valence-electron chi connectivity index (χ4n) is 1.78. The molecular weight excluding hydrogens is 268 g/mol. The molecular formula is C16H24N2O3. The van der Waals surface area contributed by atoms with Gasteiger partial charge in [0, 0.05) is 25.7 Å². The third-order valence-electron chi connectivity index (χ3n) is 2.73. The normalized spacial score (nSPS) is 10.9. The Hall–Kier alpha value is -2.04. The molecule has 1 rings (SSSR count). The third-order valence-corrected chi connectivity index (χ3v) is 2.73. The van der Waals surface area contributed by atoms with Crippen molar-refractivity contribution in [2.24, 2.45) is 0 Å². The number of ether oxygens (including phenoxy) is 1. The summed E-state index contributed by atoms with van der Waals surface area (Å²) < 4.78 is 5.15. The molecule has 0 aliphatic rings. The van der Waals surface area contributed by atoms with E-state index in [2.05, 4.69) is 5.32 Å². The van der Waals surface area contributed by atoms with Crippen LogP contribution in [-0.2, 0) is 9.53 Å². The first kappa shape index (κ1) is 17.0. The first-order chi connectivity index (χ1) is 9.69. The summed E-state index contributed by atoms with van der Waals surface area (Å²) in [5.74, 6) is -0.0650. The lowest BCUT2D eigenvalue weighted by Gasteiger charge is -2.23. The summed E-state index contributed by atoms with van der Waals surface area (Å²) >= 11 is 0. The van der Waals surface area contributed by atoms with E-state index >= 15 is 0 Å². The van der Waals surface area contributed by atoms with Crippen molar-refractivity contribution in [1.29, 1.82) is 0 Å². The van der Waals surface area contributed by atoms with E-state index in [4.69, 9.17) is 4.74 Å². The maximum Gasteiger partial charge on any atom is 0.407 e. The van der Waals surface area contributed by atoms with Crippen LogP contribution in [0.1, 0.15) is 33.3 Å². The van der Waals surface area contributed by atoms with Crippen molar-refractivity contribution in [1.82, 2.24) is 5.32 Å². The molecule has 5 heteroatoms. The predicted octanol–water partition coefficient (Wildman–Crippen LogP) is 2.87. The Morgan fingerprint density at radius 2 is 1.76 bits per heavy atom. The zero-order valence-electron chi connectivity index (χ0n) is 13.4. The number of carbonyl (C=O) groups is 2. The van der Waals surface area contributed by atoms with Crippen LogP contribution in [0.3, 0.4) is 0 Å². The van der Waals surface area contributed by atoms with E-state index in [1.165, 1.54) is 6.92 Å². The van der Waals surface area contributed by atoms with Crippen LogP contribution in [0, 0.1) is 6.92 Å². The highest BCUT2D eigenvalue weighted by Crippen LogP contribution is 2.14. The summed E-state index contributed by atoms with van der Waals surface area (Å²) in [6.45, 7) is 9.65. The van der Waals surface area contributed by atoms with Gasteiger partial charge in [-0.1, -0.05) is 17.7 Å². The van der Waals surface area contributed by atoms with Gasteiger partial charge in [0.2, 0.25) is 5.91 Å². The minimum atomic E-state index is -0.526. The SMILES string of the molecule is CC(=O)N(CCNC(=O)OC(C)(C)C)c1ccc(C)cc1. The second-order valence-electron chi connectivity index (χ2n) is 5.93. The molecule has 5 nitrogen and oxygen atoms in total. The Kier molecular flexibility index (Phi) is 5.76. The van der Waals surface area contributed by atoms with Crippen molar-refractivity contribution in [3.8, 4) is 0 Å². The second kappa shape index (κ2) is 7.11. The Morgan fingerprint density at radius 1 is 1.19 bits per heavy atom. The van der Waals surface area contributed by atoms with E-state index < -0.39 is 11.7 Å². The standard InChI is InChI=1S/C16H24N2O3/c1-12-6-8-14(9-7-12)18(13(2)19)11-10-17-15(20)21-16(3,4)5/h6-9H,10-11H2,1-5H3,(H,17,20). The number of carbonyl (C=O) groups excluding carboxylic acids is 2. The van der Waals surface area contributed by atoms with Crippen LogP contribution in [0.4, 0.5) is 10.5 Å². The van der Waals surface area contributed by atoms with Crippen molar-refractivity contribution < 1.29 is 14.3 Å². The number of alkyl carbamates (subject to hydrolysis) is 1. The van der Waals surface area contributed by atoms with E-state index in [0.29, 0.717) is 13.1 Å². The highest BCUT2D eigenvalue weighted by molar-refractivity contribution is 5.91. The minimum absolute atomic E-state index is 0.0650. The fourth-order valence-corrected chi connectivity index (χ4v) is 1.78. The number of nitrogens with one attached hydrogen (secondary N) is 1. The number of benzene rings is 1. The number of amides is 2. The smallest absolute Gasteiger partial charge is 0.407 e. The highest BCUT2D eigenvalue weighted by atomic mass is 16.6. The molecule has 0 saturated carbocycles. The van der Waals surface area contributed by atoms with Gasteiger partial charge in [-0.25, -0.2) is 4.79 Å². The van der Waals surface area contributed by atoms with Crippen molar-refractivity contribution in [2.75, 3.05) is 18.0 Å². The molecule has 0 bridgehead atoms. The number of hydrogen-bond donors (Lipinski definition) is 1. The van der Waals surface area contributed by atoms with Gasteiger partial charge >= 0.3 is 6.09 Å². The van der Waals surface area contributed by atoms with Crippen LogP contribution < -0.4 is 10.2 Å². The molecule has 0 unspecified atom stereocenters. The largest absolute Gasteiger partial charge is 0.444 e. The molecule has 0 aliphatic carbocycles. The average Bonchev–Trinajstić information content (AvgIpc) is 2.33. The molecule has 0 atom stereocenters. The molecule has 0 aliphatic heterocycles. The van der Waals surface area contributed by atoms with E-state index in [1.54, 1.807) is 25.7 Å². The minimum Gasteiger partial charge on any atom is -0.444 e. The van der Waals surface area contributed by atoms with E-state index in [1.807, 2.05) is 31.2 Å². The molecule has 1 N–H and O–H groups in total. The van der Waals surface area contributed by atoms with Gasteiger partial charge < -0.3 is 15.0 Å². The summed E-state index contributed by atoms with van der Waals surface area (Å²) in [5, 5.41) is 2.65. The lowest BCUT2D eigenvalue weighted by molar-refractivity contribution is -0.116. The van der Waals surface area contributed by atoms with Crippen LogP contribution in [0.25, 0.3) is 0 Å². The van der Waals surface area contributed by atoms with Crippen LogP contribution >= 0.6 is 0 Å². The molecule has 0 saturated heterocycles. The summed E-state index contributed by atoms with van der Waals surface area (Å²) in [5.41, 5.74) is 1.43. The van der Waals surface area contributed by atoms with Gasteiger partial charge in [0.05, 0.1) is 0 Å². The average molecular weight is 292 g/mol. The van der Waals surface area contributed by atoms with Crippen molar-refractivity contribution in [2.45, 2.75) is 40.2 Å². The molecule has 1 aromatic rings. The molecule has 0 aromatic heterocycles. The Morgan fingerprint density at radius 3 is 2.24 bits per heavy atom. The van der Waals surface area contributed by atoms with Crippen molar-refractivity contribution in [3.05, 3.63) is 29.8 Å². The van der Waals surface area contributed by atoms with Crippen molar-refractivity contribution in [3.63, 3.8) is 0 Å². The zero-order chi connectivity index (χ0) is 16.0. The van der Waals surface area contributed by atoms with E-state index in [-0.39, 0.29) is 5.91 Å². The first-order valence-electron chi connectivity index (χ1n) is 7.00. The quantitative estimate of drug-likeness (QED) is 0.928. The van der Waals surface area contributed by atoms with Crippen LogP contribution in [0.2, 0.25) is 0 Å². The molecule has 0 fully saturated rings. The van der Waals surface area contributed by atoms with Gasteiger partial charge in [-0.15, -0.1) is 0 Å². The van der Waals surface area contributed by atoms with Gasteiger partial charge in [0.25, 0.3) is 0 Å². The maximum atomic E-state index is 11.7. The molecule has 0 spiro atoms. The number of aryl methyl sites for hydroxylation is 1. The number of hydrogen-bond acceptors (Lipinski definition) is 3. The molecule has 0 heterocycles. The third kappa shape index (κ3) is 6.29. The predicted molar refractivity (Wildman–Crippen MR) is 83.4 cm³/mol. The van der Waals surface area contributed by atoms with Gasteiger partial charge in [-0.3, -0.25) is 4.79 Å². The molecule has 1 aromatic carbocycles. The Labute approximate surface area is 126 Å².